The van der Waals surface area contributed by atoms with Gasteiger partial charge in [0.05, 0.1) is 5.41 Å². The first-order chi connectivity index (χ1) is 19.5. The molecule has 4 amide bonds. The zero-order chi connectivity index (χ0) is 27.7. The van der Waals surface area contributed by atoms with Crippen LogP contribution in [0.1, 0.15) is 22.3 Å². The second-order valence-electron chi connectivity index (χ2n) is 10.5. The highest BCUT2D eigenvalue weighted by Gasteiger charge is 2.57. The van der Waals surface area contributed by atoms with E-state index in [0.29, 0.717) is 6.54 Å². The zero-order valence-electron chi connectivity index (χ0n) is 22.7. The van der Waals surface area contributed by atoms with E-state index in [-0.39, 0.29) is 18.7 Å². The van der Waals surface area contributed by atoms with E-state index >= 15 is 0 Å². The van der Waals surface area contributed by atoms with Crippen LogP contribution in [-0.4, -0.2) is 65.1 Å². The van der Waals surface area contributed by atoms with Crippen LogP contribution >= 0.6 is 0 Å². The van der Waals surface area contributed by atoms with Gasteiger partial charge in [-0.3, -0.25) is 9.80 Å². The average molecular weight is 529 g/mol. The van der Waals surface area contributed by atoms with Gasteiger partial charge in [0.15, 0.2) is 0 Å². The van der Waals surface area contributed by atoms with Gasteiger partial charge in [-0.05, 0) is 22.3 Å². The molecule has 0 N–H and O–H groups in total. The number of likely N-dealkylation sites (N-methyl/N-ethyl adjacent to an activating group) is 1. The number of nitrogens with zero attached hydrogens (tertiary/aromatic N) is 4. The lowest BCUT2D eigenvalue weighted by Gasteiger charge is -2.59. The molecule has 2 fully saturated rings. The molecule has 0 radical (unpaired) electrons. The van der Waals surface area contributed by atoms with Gasteiger partial charge in [-0.15, -0.1) is 0 Å². The summed E-state index contributed by atoms with van der Waals surface area (Å²) in [4.78, 5) is 35.0. The maximum absolute atomic E-state index is 14.2. The third kappa shape index (κ3) is 4.22. The second kappa shape index (κ2) is 10.4. The number of rotatable bonds is 5. The largest absolute Gasteiger partial charge is 0.326 e. The Morgan fingerprint density at radius 2 is 1.10 bits per heavy atom. The van der Waals surface area contributed by atoms with Crippen LogP contribution in [0.4, 0.5) is 9.59 Å². The minimum Gasteiger partial charge on any atom is -0.326 e. The van der Waals surface area contributed by atoms with Crippen molar-refractivity contribution >= 4 is 17.6 Å². The lowest BCUT2D eigenvalue weighted by atomic mass is 9.69. The van der Waals surface area contributed by atoms with Crippen molar-refractivity contribution in [3.05, 3.63) is 150 Å². The minimum absolute atomic E-state index is 0.105. The minimum atomic E-state index is -0.711. The summed E-state index contributed by atoms with van der Waals surface area (Å²) < 4.78 is 0. The van der Waals surface area contributed by atoms with Crippen LogP contribution < -0.4 is 0 Å². The highest BCUT2D eigenvalue weighted by atomic mass is 16.2. The lowest BCUT2D eigenvalue weighted by Crippen LogP contribution is -2.75. The number of carbonyl (C=O) groups excluding carboxylic acids is 2. The van der Waals surface area contributed by atoms with Crippen LogP contribution in [0.5, 0.6) is 0 Å². The quantitative estimate of drug-likeness (QED) is 0.315. The van der Waals surface area contributed by atoms with Crippen molar-refractivity contribution in [2.75, 3.05) is 27.3 Å². The first-order valence-corrected chi connectivity index (χ1v) is 13.5. The van der Waals surface area contributed by atoms with Gasteiger partial charge in [0, 0.05) is 32.4 Å². The molecule has 6 nitrogen and oxygen atoms in total. The van der Waals surface area contributed by atoms with E-state index in [9.17, 15) is 9.59 Å². The Kier molecular flexibility index (Phi) is 6.60. The topological polar surface area (TPSA) is 47.1 Å². The molecule has 2 heterocycles. The first kappa shape index (κ1) is 25.4. The molecule has 0 saturated carbocycles. The monoisotopic (exact) mass is 528 g/mol. The van der Waals surface area contributed by atoms with E-state index in [4.69, 9.17) is 0 Å². The number of fused-ring (bicyclic) bond motifs is 1. The fourth-order valence-electron chi connectivity index (χ4n) is 6.16. The van der Waals surface area contributed by atoms with E-state index in [0.717, 1.165) is 27.8 Å². The van der Waals surface area contributed by atoms with Crippen LogP contribution in [0, 0.1) is 0 Å². The van der Waals surface area contributed by atoms with Crippen molar-refractivity contribution in [1.82, 2.24) is 19.6 Å². The summed E-state index contributed by atoms with van der Waals surface area (Å²) in [5, 5.41) is 0. The molecule has 2 aliphatic heterocycles. The molecule has 1 atom stereocenters. The van der Waals surface area contributed by atoms with E-state index in [1.165, 1.54) is 0 Å². The predicted octanol–water partition coefficient (Wildman–Crippen LogP) is 6.08. The van der Waals surface area contributed by atoms with Gasteiger partial charge in [0.2, 0.25) is 0 Å². The van der Waals surface area contributed by atoms with Crippen LogP contribution in [0.2, 0.25) is 0 Å². The number of amides is 4. The van der Waals surface area contributed by atoms with Crippen molar-refractivity contribution in [1.29, 1.82) is 0 Å². The Balaban J connectivity index is 1.64. The maximum Gasteiger partial charge on any atom is 0.326 e. The van der Waals surface area contributed by atoms with Gasteiger partial charge in [0.1, 0.15) is 12.8 Å². The number of hydrogen-bond donors (Lipinski definition) is 0. The Morgan fingerprint density at radius 3 is 1.57 bits per heavy atom. The molecule has 0 bridgehead atoms. The summed E-state index contributed by atoms with van der Waals surface area (Å²) in [5.41, 5.74) is 4.28. The molecule has 40 heavy (non-hydrogen) atoms. The molecular formula is C34H32N4O2. The molecule has 200 valence electrons. The van der Waals surface area contributed by atoms with E-state index in [2.05, 4.69) is 48.5 Å². The van der Waals surface area contributed by atoms with Crippen molar-refractivity contribution in [2.45, 2.75) is 11.6 Å². The van der Waals surface area contributed by atoms with Crippen molar-refractivity contribution in [3.63, 3.8) is 0 Å². The van der Waals surface area contributed by atoms with Gasteiger partial charge in [-0.1, -0.05) is 121 Å². The highest BCUT2D eigenvalue weighted by molar-refractivity contribution is 5.87. The van der Waals surface area contributed by atoms with Gasteiger partial charge in [-0.2, -0.15) is 0 Å². The zero-order valence-corrected chi connectivity index (χ0v) is 22.7. The van der Waals surface area contributed by atoms with E-state index in [1.54, 1.807) is 21.7 Å². The summed E-state index contributed by atoms with van der Waals surface area (Å²) in [6.45, 7) is 0.624. The third-order valence-corrected chi connectivity index (χ3v) is 7.99. The Labute approximate surface area is 235 Å². The predicted molar refractivity (Wildman–Crippen MR) is 157 cm³/mol. The van der Waals surface area contributed by atoms with Crippen molar-refractivity contribution in [2.24, 2.45) is 0 Å². The Bertz CT molecular complexity index is 1440. The van der Waals surface area contributed by atoms with Crippen LogP contribution in [0.15, 0.2) is 128 Å². The number of urea groups is 2. The summed E-state index contributed by atoms with van der Waals surface area (Å²) in [6, 6.07) is 40.4. The van der Waals surface area contributed by atoms with Gasteiger partial charge >= 0.3 is 12.1 Å². The maximum atomic E-state index is 14.2. The Morgan fingerprint density at radius 1 is 0.650 bits per heavy atom. The standard InChI is InChI=1S/C34H32N4O2/c1-35-24-34(28-19-11-5-12-20-28,29-21-13-6-14-22-29)31-37(33(40)36(2)25-38(31)32(35)39)23-30(26-15-7-3-8-16-26)27-17-9-4-10-18-27/h3-23,31H,24-25H2,1-2H3. The Hall–Kier alpha value is -4.84. The smallest absolute Gasteiger partial charge is 0.326 e. The molecule has 0 aliphatic carbocycles. The highest BCUT2D eigenvalue weighted by Crippen LogP contribution is 2.45. The number of carbonyl (C=O) groups is 2. The summed E-state index contributed by atoms with van der Waals surface area (Å²) in [7, 11) is 3.59. The van der Waals surface area contributed by atoms with Crippen LogP contribution in [0.25, 0.3) is 5.57 Å². The normalized spacial score (nSPS) is 18.4. The molecule has 6 rings (SSSR count). The molecule has 2 aliphatic rings. The summed E-state index contributed by atoms with van der Waals surface area (Å²) in [6.07, 6.45) is 1.35. The van der Waals surface area contributed by atoms with Crippen molar-refractivity contribution < 1.29 is 9.59 Å². The first-order valence-electron chi connectivity index (χ1n) is 13.5. The van der Waals surface area contributed by atoms with Crippen LogP contribution in [-0.2, 0) is 5.41 Å². The SMILES string of the molecule is CN1CN2C(=O)N(C)CC(c3ccccc3)(c3ccccc3)C2N(C=C(c2ccccc2)c2ccccc2)C1=O. The van der Waals surface area contributed by atoms with Crippen molar-refractivity contribution in [3.8, 4) is 0 Å². The number of hydrogen-bond acceptors (Lipinski definition) is 2. The summed E-state index contributed by atoms with van der Waals surface area (Å²) in [5.74, 6) is 0. The molecule has 4 aromatic carbocycles. The molecule has 1 unspecified atom stereocenters. The number of benzene rings is 4. The van der Waals surface area contributed by atoms with E-state index < -0.39 is 11.6 Å². The second-order valence-corrected chi connectivity index (χ2v) is 10.5. The van der Waals surface area contributed by atoms with E-state index in [1.807, 2.05) is 90.9 Å². The molecule has 4 aromatic rings. The molecule has 2 saturated heterocycles. The third-order valence-electron chi connectivity index (χ3n) is 7.99. The molecule has 0 spiro atoms. The average Bonchev–Trinajstić information content (AvgIpc) is 3.01. The van der Waals surface area contributed by atoms with Gasteiger partial charge < -0.3 is 9.80 Å². The fraction of sp³-hybridized carbons (Fsp3) is 0.176. The van der Waals surface area contributed by atoms with Gasteiger partial charge in [-0.25, -0.2) is 9.59 Å². The molecular weight excluding hydrogens is 496 g/mol. The van der Waals surface area contributed by atoms with Gasteiger partial charge in [0.25, 0.3) is 0 Å². The molecule has 6 heteroatoms. The molecule has 0 aromatic heterocycles. The summed E-state index contributed by atoms with van der Waals surface area (Å²) >= 11 is 0. The van der Waals surface area contributed by atoms with Crippen LogP contribution in [0.3, 0.4) is 0 Å². The fourth-order valence-corrected chi connectivity index (χ4v) is 6.16. The lowest BCUT2D eigenvalue weighted by molar-refractivity contribution is -0.0359.